The molecular formula is C7H14N2. The van der Waals surface area contributed by atoms with Crippen molar-refractivity contribution in [2.24, 2.45) is 0 Å². The van der Waals surface area contributed by atoms with E-state index in [9.17, 15) is 0 Å². The van der Waals surface area contributed by atoms with Crippen LogP contribution in [0.25, 0.3) is 0 Å². The Morgan fingerprint density at radius 2 is 1.78 bits per heavy atom. The molecule has 0 aliphatic carbocycles. The van der Waals surface area contributed by atoms with Gasteiger partial charge in [0, 0.05) is 6.57 Å². The van der Waals surface area contributed by atoms with Gasteiger partial charge in [-0.15, -0.1) is 0 Å². The van der Waals surface area contributed by atoms with Crippen LogP contribution in [-0.2, 0) is 0 Å². The lowest BCUT2D eigenvalue weighted by molar-refractivity contribution is 0.359. The maximum atomic E-state index is 6.50. The summed E-state index contributed by atoms with van der Waals surface area (Å²) in [6.45, 7) is 9.66. The molecule has 1 aliphatic rings. The number of hydrogen-bond donors (Lipinski definition) is 0. The minimum atomic E-state index is 1.25. The number of hydrogen-bond acceptors (Lipinski definition) is 2. The summed E-state index contributed by atoms with van der Waals surface area (Å²) in [6, 6.07) is 0. The lowest BCUT2D eigenvalue weighted by Crippen LogP contribution is -2.17. The summed E-state index contributed by atoms with van der Waals surface area (Å²) in [5.74, 6) is 0. The monoisotopic (exact) mass is 126 g/mol. The van der Waals surface area contributed by atoms with E-state index in [1.165, 1.54) is 32.5 Å². The molecule has 0 N–H and O–H groups in total. The molecule has 2 nitrogen and oxygen atoms in total. The van der Waals surface area contributed by atoms with Crippen LogP contribution in [0, 0.1) is 11.8 Å². The van der Waals surface area contributed by atoms with Crippen molar-refractivity contribution in [1.29, 1.82) is 5.26 Å². The Balaban J connectivity index is 0.000000291. The molecule has 0 saturated carbocycles. The number of nitriles is 1. The van der Waals surface area contributed by atoms with Crippen LogP contribution in [0.1, 0.15) is 19.8 Å². The summed E-state index contributed by atoms with van der Waals surface area (Å²) >= 11 is 0. The van der Waals surface area contributed by atoms with Gasteiger partial charge in [-0.1, -0.05) is 6.92 Å². The van der Waals surface area contributed by atoms with Crippen molar-refractivity contribution in [3.05, 3.63) is 0 Å². The predicted molar refractivity (Wildman–Crippen MR) is 38.0 cm³/mol. The second kappa shape index (κ2) is 5.58. The van der Waals surface area contributed by atoms with Crippen LogP contribution in [0.2, 0.25) is 0 Å². The maximum Gasteiger partial charge on any atom is 0.0462 e. The highest BCUT2D eigenvalue weighted by atomic mass is 15.1. The molecule has 1 saturated heterocycles. The quantitative estimate of drug-likeness (QED) is 0.528. The normalized spacial score (nSPS) is 18.6. The standard InChI is InChI=1S/C6H13N.CHN/c1-2-7-5-3-4-6-7;1-2/h2-6H2,1H3;1H. The Hall–Kier alpha value is -0.550. The van der Waals surface area contributed by atoms with Crippen molar-refractivity contribution in [3.8, 4) is 6.57 Å². The van der Waals surface area contributed by atoms with Crippen LogP contribution >= 0.6 is 0 Å². The van der Waals surface area contributed by atoms with E-state index in [-0.39, 0.29) is 0 Å². The van der Waals surface area contributed by atoms with E-state index >= 15 is 0 Å². The average molecular weight is 126 g/mol. The van der Waals surface area contributed by atoms with Gasteiger partial charge in [-0.2, -0.15) is 0 Å². The van der Waals surface area contributed by atoms with Crippen LogP contribution in [-0.4, -0.2) is 24.5 Å². The van der Waals surface area contributed by atoms with E-state index < -0.39 is 0 Å². The van der Waals surface area contributed by atoms with Crippen LogP contribution in [0.4, 0.5) is 0 Å². The lowest BCUT2D eigenvalue weighted by Gasteiger charge is -2.08. The Morgan fingerprint density at radius 1 is 1.33 bits per heavy atom. The molecule has 0 bridgehead atoms. The zero-order valence-electron chi connectivity index (χ0n) is 6.01. The molecular weight excluding hydrogens is 112 g/mol. The molecule has 1 heterocycles. The van der Waals surface area contributed by atoms with Gasteiger partial charge in [0.05, 0.1) is 0 Å². The molecule has 0 aromatic heterocycles. The van der Waals surface area contributed by atoms with Crippen LogP contribution in [0.15, 0.2) is 0 Å². The van der Waals surface area contributed by atoms with Crippen molar-refractivity contribution in [1.82, 2.24) is 4.90 Å². The summed E-state index contributed by atoms with van der Waals surface area (Å²) in [5, 5.41) is 6.50. The molecule has 0 amide bonds. The highest BCUT2D eigenvalue weighted by Crippen LogP contribution is 2.04. The van der Waals surface area contributed by atoms with Gasteiger partial charge >= 0.3 is 0 Å². The first-order valence-corrected chi connectivity index (χ1v) is 3.41. The molecule has 0 spiro atoms. The van der Waals surface area contributed by atoms with E-state index in [4.69, 9.17) is 5.26 Å². The van der Waals surface area contributed by atoms with Crippen LogP contribution < -0.4 is 0 Å². The van der Waals surface area contributed by atoms with Gasteiger partial charge in [0.25, 0.3) is 0 Å². The molecule has 0 radical (unpaired) electrons. The fourth-order valence-corrected chi connectivity index (χ4v) is 1.10. The highest BCUT2D eigenvalue weighted by Gasteiger charge is 2.06. The van der Waals surface area contributed by atoms with E-state index in [2.05, 4.69) is 18.4 Å². The molecule has 0 unspecified atom stereocenters. The number of nitrogens with zero attached hydrogens (tertiary/aromatic N) is 2. The zero-order chi connectivity index (χ0) is 7.11. The van der Waals surface area contributed by atoms with Gasteiger partial charge in [-0.25, -0.2) is 5.26 Å². The third-order valence-corrected chi connectivity index (χ3v) is 1.65. The lowest BCUT2D eigenvalue weighted by atomic mass is 10.4. The van der Waals surface area contributed by atoms with Gasteiger partial charge in [0.1, 0.15) is 0 Å². The summed E-state index contributed by atoms with van der Waals surface area (Å²) in [6.07, 6.45) is 2.85. The fourth-order valence-electron chi connectivity index (χ4n) is 1.10. The molecule has 2 heteroatoms. The molecule has 1 rings (SSSR count). The molecule has 0 aromatic rings. The minimum Gasteiger partial charge on any atom is -0.304 e. The van der Waals surface area contributed by atoms with Crippen molar-refractivity contribution >= 4 is 0 Å². The van der Waals surface area contributed by atoms with Gasteiger partial charge in [0.2, 0.25) is 0 Å². The SMILES string of the molecule is C#N.CCN1CCCC1. The second-order valence-corrected chi connectivity index (χ2v) is 2.14. The smallest absolute Gasteiger partial charge is 0.0462 e. The maximum absolute atomic E-state index is 6.50. The van der Waals surface area contributed by atoms with Crippen LogP contribution in [0.3, 0.4) is 0 Å². The predicted octanol–water partition coefficient (Wildman–Crippen LogP) is 1.24. The summed E-state index contributed by atoms with van der Waals surface area (Å²) in [7, 11) is 0. The van der Waals surface area contributed by atoms with Gasteiger partial charge in [-0.3, -0.25) is 0 Å². The van der Waals surface area contributed by atoms with Gasteiger partial charge < -0.3 is 4.90 Å². The van der Waals surface area contributed by atoms with Crippen molar-refractivity contribution in [3.63, 3.8) is 0 Å². The third-order valence-electron chi connectivity index (χ3n) is 1.65. The van der Waals surface area contributed by atoms with Crippen molar-refractivity contribution < 1.29 is 0 Å². The summed E-state index contributed by atoms with van der Waals surface area (Å²) in [5.41, 5.74) is 0. The van der Waals surface area contributed by atoms with Crippen LogP contribution in [0.5, 0.6) is 0 Å². The molecule has 0 aromatic carbocycles. The molecule has 1 aliphatic heterocycles. The first kappa shape index (κ1) is 8.45. The van der Waals surface area contributed by atoms with Gasteiger partial charge in [0.15, 0.2) is 0 Å². The van der Waals surface area contributed by atoms with E-state index in [1.54, 1.807) is 0 Å². The van der Waals surface area contributed by atoms with Gasteiger partial charge in [-0.05, 0) is 32.5 Å². The first-order chi connectivity index (χ1) is 4.43. The Bertz CT molecular complexity index is 72.2. The van der Waals surface area contributed by atoms with Crippen molar-refractivity contribution in [2.75, 3.05) is 19.6 Å². The third kappa shape index (κ3) is 3.10. The fraction of sp³-hybridized carbons (Fsp3) is 0.857. The summed E-state index contributed by atoms with van der Waals surface area (Å²) < 4.78 is 0. The number of likely N-dealkylation sites (tertiary alicyclic amines) is 1. The van der Waals surface area contributed by atoms with E-state index in [1.807, 2.05) is 0 Å². The number of rotatable bonds is 1. The summed E-state index contributed by atoms with van der Waals surface area (Å²) in [4.78, 5) is 2.49. The zero-order valence-corrected chi connectivity index (χ0v) is 6.01. The molecule has 52 valence electrons. The molecule has 0 atom stereocenters. The highest BCUT2D eigenvalue weighted by molar-refractivity contribution is 4.62. The topological polar surface area (TPSA) is 27.0 Å². The Labute approximate surface area is 57.1 Å². The molecule has 9 heavy (non-hydrogen) atoms. The van der Waals surface area contributed by atoms with Crippen molar-refractivity contribution in [2.45, 2.75) is 19.8 Å². The van der Waals surface area contributed by atoms with E-state index in [0.717, 1.165) is 0 Å². The Morgan fingerprint density at radius 3 is 2.00 bits per heavy atom. The first-order valence-electron chi connectivity index (χ1n) is 3.41. The van der Waals surface area contributed by atoms with E-state index in [0.29, 0.717) is 0 Å². The Kier molecular flexibility index (Phi) is 5.24. The molecule has 1 fully saturated rings. The minimum absolute atomic E-state index is 1.25. The second-order valence-electron chi connectivity index (χ2n) is 2.14. The largest absolute Gasteiger partial charge is 0.304 e. The average Bonchev–Trinajstić information content (AvgIpc) is 2.43.